The molecule has 194 valence electrons. The van der Waals surface area contributed by atoms with E-state index in [0.717, 1.165) is 55.4 Å². The van der Waals surface area contributed by atoms with E-state index in [4.69, 9.17) is 19.3 Å². The van der Waals surface area contributed by atoms with Gasteiger partial charge in [0.05, 0.1) is 31.0 Å². The molecule has 1 aromatic carbocycles. The van der Waals surface area contributed by atoms with Crippen LogP contribution in [0.1, 0.15) is 11.9 Å². The lowest BCUT2D eigenvalue weighted by molar-refractivity contribution is 0.146. The van der Waals surface area contributed by atoms with Gasteiger partial charge in [-0.3, -0.25) is 15.7 Å². The second-order valence-electron chi connectivity index (χ2n) is 9.11. The van der Waals surface area contributed by atoms with Crippen LogP contribution in [0.5, 0.6) is 5.75 Å². The Kier molecular flexibility index (Phi) is 6.41. The highest BCUT2D eigenvalue weighted by Gasteiger charge is 2.27. The second-order valence-corrected chi connectivity index (χ2v) is 9.11. The number of nitrogens with one attached hydrogen (secondary N) is 3. The summed E-state index contributed by atoms with van der Waals surface area (Å²) in [5.41, 5.74) is 5.26. The van der Waals surface area contributed by atoms with Gasteiger partial charge < -0.3 is 24.1 Å². The summed E-state index contributed by atoms with van der Waals surface area (Å²) in [6.07, 6.45) is 3.19. The topological polar surface area (TPSA) is 122 Å². The molecule has 0 aliphatic carbocycles. The van der Waals surface area contributed by atoms with E-state index in [1.54, 1.807) is 18.0 Å². The molecule has 2 aliphatic rings. The van der Waals surface area contributed by atoms with E-state index in [1.807, 2.05) is 35.1 Å². The first-order valence-electron chi connectivity index (χ1n) is 12.5. The first-order chi connectivity index (χ1) is 18.2. The van der Waals surface area contributed by atoms with Crippen LogP contribution in [-0.4, -0.2) is 77.4 Å². The van der Waals surface area contributed by atoms with E-state index in [2.05, 4.69) is 42.8 Å². The monoisotopic (exact) mass is 505 g/mol. The highest BCUT2D eigenvalue weighted by molar-refractivity contribution is 5.87. The maximum atomic E-state index is 8.42. The van der Waals surface area contributed by atoms with Crippen LogP contribution in [0, 0.1) is 5.41 Å². The van der Waals surface area contributed by atoms with Crippen LogP contribution < -0.4 is 26.0 Å². The van der Waals surface area contributed by atoms with Gasteiger partial charge in [-0.05, 0) is 36.4 Å². The number of furan rings is 1. The molecule has 12 heteroatoms. The molecule has 5 heterocycles. The number of rotatable bonds is 9. The normalized spacial score (nSPS) is 17.5. The van der Waals surface area contributed by atoms with E-state index in [-0.39, 0.29) is 11.8 Å². The molecule has 1 atom stereocenters. The fraction of sp³-hybridized carbons (Fsp3) is 0.400. The van der Waals surface area contributed by atoms with Gasteiger partial charge in [-0.1, -0.05) is 0 Å². The molecule has 2 aliphatic heterocycles. The molecule has 1 saturated heterocycles. The van der Waals surface area contributed by atoms with Crippen molar-refractivity contribution in [2.75, 3.05) is 68.7 Å². The fourth-order valence-electron chi connectivity index (χ4n) is 4.82. The van der Waals surface area contributed by atoms with Crippen molar-refractivity contribution in [2.45, 2.75) is 12.7 Å². The standard InChI is InChI=1S/C25H31N9O3/c1-35-15-16-36-19-6-4-18(5-7-19)32-11-8-31(9-12-32)10-13-33-23-20(17-27-33)24-28-22(21-3-2-14-37-21)30-34(24)25(26)29-23/h2-7,14,17,22,26,28,30H,8-13,15-16H2,1H3. The molecular weight excluding hydrogens is 474 g/mol. The Bertz CT molecular complexity index is 1390. The van der Waals surface area contributed by atoms with Gasteiger partial charge in [0.15, 0.2) is 11.8 Å². The van der Waals surface area contributed by atoms with Crippen LogP contribution in [0.2, 0.25) is 0 Å². The maximum absolute atomic E-state index is 8.42. The van der Waals surface area contributed by atoms with Crippen LogP contribution in [0.15, 0.2) is 53.3 Å². The van der Waals surface area contributed by atoms with Gasteiger partial charge in [-0.2, -0.15) is 10.1 Å². The summed E-state index contributed by atoms with van der Waals surface area (Å²) < 4.78 is 19.7. The van der Waals surface area contributed by atoms with Gasteiger partial charge in [0.1, 0.15) is 23.9 Å². The van der Waals surface area contributed by atoms with Crippen molar-refractivity contribution in [3.8, 4) is 5.75 Å². The second kappa shape index (κ2) is 10.1. The minimum absolute atomic E-state index is 0.120. The number of anilines is 2. The molecule has 0 amide bonds. The van der Waals surface area contributed by atoms with E-state index < -0.39 is 0 Å². The summed E-state index contributed by atoms with van der Waals surface area (Å²) in [4.78, 5) is 9.37. The molecule has 0 spiro atoms. The summed E-state index contributed by atoms with van der Waals surface area (Å²) in [5.74, 6) is 2.38. The number of fused-ring (bicyclic) bond motifs is 3. The van der Waals surface area contributed by atoms with E-state index in [9.17, 15) is 0 Å². The Morgan fingerprint density at radius 2 is 1.92 bits per heavy atom. The van der Waals surface area contributed by atoms with Crippen molar-refractivity contribution >= 4 is 22.5 Å². The first kappa shape index (κ1) is 23.4. The largest absolute Gasteiger partial charge is 0.491 e. The fourth-order valence-corrected chi connectivity index (χ4v) is 4.82. The zero-order chi connectivity index (χ0) is 25.2. The van der Waals surface area contributed by atoms with E-state index >= 15 is 0 Å². The van der Waals surface area contributed by atoms with Gasteiger partial charge in [-0.15, -0.1) is 0 Å². The number of aromatic nitrogens is 4. The quantitative estimate of drug-likeness (QED) is 0.293. The highest BCUT2D eigenvalue weighted by atomic mass is 16.5. The summed E-state index contributed by atoms with van der Waals surface area (Å²) in [6.45, 7) is 6.60. The summed E-state index contributed by atoms with van der Waals surface area (Å²) >= 11 is 0. The number of methoxy groups -OCH3 is 1. The van der Waals surface area contributed by atoms with Gasteiger partial charge in [0.25, 0.3) is 0 Å². The number of benzene rings is 1. The Labute approximate surface area is 213 Å². The van der Waals surface area contributed by atoms with Crippen molar-refractivity contribution in [3.63, 3.8) is 0 Å². The Morgan fingerprint density at radius 1 is 1.08 bits per heavy atom. The van der Waals surface area contributed by atoms with Gasteiger partial charge in [0, 0.05) is 45.5 Å². The zero-order valence-corrected chi connectivity index (χ0v) is 20.8. The Balaban J connectivity index is 1.05. The number of nitrogens with zero attached hydrogens (tertiary/aromatic N) is 6. The highest BCUT2D eigenvalue weighted by Crippen LogP contribution is 2.29. The molecule has 1 fully saturated rings. The molecular formula is C25H31N9O3. The van der Waals surface area contributed by atoms with Crippen molar-refractivity contribution in [1.29, 1.82) is 5.41 Å². The average molecular weight is 506 g/mol. The maximum Gasteiger partial charge on any atom is 0.244 e. The van der Waals surface area contributed by atoms with Crippen LogP contribution in [0.25, 0.3) is 11.0 Å². The van der Waals surface area contributed by atoms with Crippen LogP contribution >= 0.6 is 0 Å². The molecule has 37 heavy (non-hydrogen) atoms. The summed E-state index contributed by atoms with van der Waals surface area (Å²) in [7, 11) is 1.67. The minimum atomic E-state index is -0.259. The summed E-state index contributed by atoms with van der Waals surface area (Å²) in [6, 6.07) is 12.0. The lowest BCUT2D eigenvalue weighted by atomic mass is 10.2. The molecule has 12 nitrogen and oxygen atoms in total. The van der Waals surface area contributed by atoms with Gasteiger partial charge >= 0.3 is 0 Å². The third-order valence-electron chi connectivity index (χ3n) is 6.84. The van der Waals surface area contributed by atoms with Gasteiger partial charge in [-0.25, -0.2) is 9.36 Å². The molecule has 0 bridgehead atoms. The molecule has 6 rings (SSSR count). The smallest absolute Gasteiger partial charge is 0.244 e. The van der Waals surface area contributed by atoms with Crippen LogP contribution in [-0.2, 0) is 11.3 Å². The van der Waals surface area contributed by atoms with E-state index in [1.165, 1.54) is 5.69 Å². The average Bonchev–Trinajstić information content (AvgIpc) is 3.68. The van der Waals surface area contributed by atoms with E-state index in [0.29, 0.717) is 25.4 Å². The Morgan fingerprint density at radius 3 is 2.68 bits per heavy atom. The van der Waals surface area contributed by atoms with Crippen molar-refractivity contribution < 1.29 is 13.9 Å². The van der Waals surface area contributed by atoms with Crippen molar-refractivity contribution in [2.24, 2.45) is 0 Å². The Hall–Kier alpha value is -4.03. The number of ether oxygens (including phenoxy) is 2. The summed E-state index contributed by atoms with van der Waals surface area (Å²) in [5, 5.41) is 17.3. The van der Waals surface area contributed by atoms with Gasteiger partial charge in [0.2, 0.25) is 5.62 Å². The molecule has 0 saturated carbocycles. The minimum Gasteiger partial charge on any atom is -0.491 e. The van der Waals surface area contributed by atoms with Crippen molar-refractivity contribution in [1.82, 2.24) is 24.3 Å². The van der Waals surface area contributed by atoms with Crippen LogP contribution in [0.4, 0.5) is 11.5 Å². The van der Waals surface area contributed by atoms with Crippen LogP contribution in [0.3, 0.4) is 0 Å². The molecule has 4 aromatic rings. The molecule has 0 radical (unpaired) electrons. The zero-order valence-electron chi connectivity index (χ0n) is 20.8. The lowest BCUT2D eigenvalue weighted by Crippen LogP contribution is -2.47. The SMILES string of the molecule is COCCOc1ccc(N2CCN(CCn3ncc4c5n(c(=N)nc43)NC(c3ccco3)N5)CC2)cc1. The molecule has 1 unspecified atom stereocenters. The molecule has 3 aromatic heterocycles. The molecule has 3 N–H and O–H groups in total. The predicted molar refractivity (Wildman–Crippen MR) is 138 cm³/mol. The first-order valence-corrected chi connectivity index (χ1v) is 12.5. The van der Waals surface area contributed by atoms with Crippen molar-refractivity contribution in [3.05, 3.63) is 60.2 Å². The third kappa shape index (κ3) is 4.72. The number of hydrogen-bond acceptors (Lipinski definition) is 10. The lowest BCUT2D eigenvalue weighted by Gasteiger charge is -2.36. The number of piperazine rings is 1. The predicted octanol–water partition coefficient (Wildman–Crippen LogP) is 1.82. The third-order valence-corrected chi connectivity index (χ3v) is 6.84. The number of hydrogen-bond donors (Lipinski definition) is 3.